The van der Waals surface area contributed by atoms with Crippen molar-refractivity contribution in [3.63, 3.8) is 0 Å². The molecule has 3 aromatic rings. The Balaban J connectivity index is 1.60. The van der Waals surface area contributed by atoms with E-state index in [1.165, 1.54) is 0 Å². The third-order valence-electron chi connectivity index (χ3n) is 6.97. The minimum absolute atomic E-state index is 0.285. The van der Waals surface area contributed by atoms with E-state index >= 15 is 0 Å². The van der Waals surface area contributed by atoms with Crippen LogP contribution in [-0.2, 0) is 0 Å². The summed E-state index contributed by atoms with van der Waals surface area (Å²) in [6, 6.07) is 6.20. The van der Waals surface area contributed by atoms with Gasteiger partial charge in [0.1, 0.15) is 23.0 Å². The number of aldehydes is 1. The number of piperidine rings is 1. The smallest absolute Gasteiger partial charge is 0.275 e. The van der Waals surface area contributed by atoms with Gasteiger partial charge in [0.25, 0.3) is 5.56 Å². The summed E-state index contributed by atoms with van der Waals surface area (Å²) in [7, 11) is 3.73. The van der Waals surface area contributed by atoms with Gasteiger partial charge in [-0.05, 0) is 44.4 Å². The molecular formula is C28H36N8O3. The van der Waals surface area contributed by atoms with Gasteiger partial charge < -0.3 is 30.2 Å². The number of ether oxygens (including phenoxy) is 1. The molecule has 0 atom stereocenters. The number of H-pyrrole nitrogens is 1. The van der Waals surface area contributed by atoms with E-state index in [0.717, 1.165) is 44.3 Å². The fourth-order valence-electron chi connectivity index (χ4n) is 4.84. The molecule has 0 bridgehead atoms. The Morgan fingerprint density at radius 2 is 1.97 bits per heavy atom. The van der Waals surface area contributed by atoms with E-state index in [0.29, 0.717) is 58.8 Å². The highest BCUT2D eigenvalue weighted by atomic mass is 16.5. The van der Waals surface area contributed by atoms with E-state index in [1.54, 1.807) is 19.4 Å². The third-order valence-corrected chi connectivity index (χ3v) is 6.97. The molecule has 1 aromatic carbocycles. The van der Waals surface area contributed by atoms with Gasteiger partial charge >= 0.3 is 0 Å². The van der Waals surface area contributed by atoms with Crippen LogP contribution in [-0.4, -0.2) is 71.8 Å². The van der Waals surface area contributed by atoms with E-state index < -0.39 is 0 Å². The lowest BCUT2D eigenvalue weighted by molar-refractivity contribution is 0.112. The number of carbonyl (C=O) groups is 1. The van der Waals surface area contributed by atoms with Crippen LogP contribution in [0.2, 0.25) is 0 Å². The summed E-state index contributed by atoms with van der Waals surface area (Å²) < 4.78 is 5.90. The average Bonchev–Trinajstić information content (AvgIpc) is 2.97. The maximum absolute atomic E-state index is 13.0. The van der Waals surface area contributed by atoms with Gasteiger partial charge in [0.15, 0.2) is 6.29 Å². The quantitative estimate of drug-likeness (QED) is 0.249. The largest absolute Gasteiger partial charge is 0.493 e. The second-order valence-electron chi connectivity index (χ2n) is 9.49. The first-order chi connectivity index (χ1) is 18.9. The van der Waals surface area contributed by atoms with Crippen molar-refractivity contribution in [2.45, 2.75) is 45.6 Å². The summed E-state index contributed by atoms with van der Waals surface area (Å²) in [6.07, 6.45) is 6.95. The summed E-state index contributed by atoms with van der Waals surface area (Å²) in [4.78, 5) is 44.5. The first kappa shape index (κ1) is 27.7. The highest BCUT2D eigenvalue weighted by molar-refractivity contribution is 6.01. The van der Waals surface area contributed by atoms with Crippen LogP contribution in [0.5, 0.6) is 5.75 Å². The minimum Gasteiger partial charge on any atom is -0.493 e. The van der Waals surface area contributed by atoms with Gasteiger partial charge in [0, 0.05) is 51.3 Å². The molecule has 1 fully saturated rings. The highest BCUT2D eigenvalue weighted by Gasteiger charge is 2.25. The van der Waals surface area contributed by atoms with Gasteiger partial charge in [-0.3, -0.25) is 9.59 Å². The first-order valence-corrected chi connectivity index (χ1v) is 13.3. The number of hydrogen-bond donors (Lipinski definition) is 3. The molecule has 4 rings (SSSR count). The number of benzene rings is 1. The molecule has 11 nitrogen and oxygen atoms in total. The zero-order chi connectivity index (χ0) is 27.9. The maximum Gasteiger partial charge on any atom is 0.275 e. The Morgan fingerprint density at radius 3 is 2.59 bits per heavy atom. The molecule has 1 aliphatic rings. The number of aromatic nitrogens is 4. The summed E-state index contributed by atoms with van der Waals surface area (Å²) >= 11 is 0. The average molecular weight is 533 g/mol. The van der Waals surface area contributed by atoms with Gasteiger partial charge in [-0.2, -0.15) is 0 Å². The molecule has 3 heterocycles. The Labute approximate surface area is 228 Å². The van der Waals surface area contributed by atoms with Crippen molar-refractivity contribution in [2.75, 3.05) is 48.9 Å². The zero-order valence-electron chi connectivity index (χ0n) is 23.0. The first-order valence-electron chi connectivity index (χ1n) is 13.3. The van der Waals surface area contributed by atoms with Crippen molar-refractivity contribution in [1.29, 1.82) is 5.41 Å². The van der Waals surface area contributed by atoms with E-state index in [4.69, 9.17) is 15.1 Å². The monoisotopic (exact) mass is 532 g/mol. The molecule has 0 saturated carbocycles. The fraction of sp³-hybridized carbons (Fsp3) is 0.429. The van der Waals surface area contributed by atoms with Crippen molar-refractivity contribution in [2.24, 2.45) is 0 Å². The fourth-order valence-corrected chi connectivity index (χ4v) is 4.84. The lowest BCUT2D eigenvalue weighted by atomic mass is 10.0. The zero-order valence-corrected chi connectivity index (χ0v) is 23.0. The van der Waals surface area contributed by atoms with E-state index in [1.807, 2.05) is 32.0 Å². The predicted octanol–water partition coefficient (Wildman–Crippen LogP) is 3.75. The van der Waals surface area contributed by atoms with Crippen LogP contribution in [0.15, 0.2) is 35.4 Å². The molecule has 3 N–H and O–H groups in total. The summed E-state index contributed by atoms with van der Waals surface area (Å²) in [5.74, 6) is 1.63. The molecule has 2 aromatic heterocycles. The number of nitrogens with zero attached hydrogens (tertiary/aromatic N) is 5. The SMILES string of the molecule is CCCC(=N)c1nc(-c2cc(N(C)C3CCN(c4ncc(C=O)cn4)CC3)ccc2OCC)[nH]c(=O)c1NC. The van der Waals surface area contributed by atoms with Crippen LogP contribution in [0.3, 0.4) is 0 Å². The second kappa shape index (κ2) is 12.5. The summed E-state index contributed by atoms with van der Waals surface area (Å²) in [6.45, 7) is 5.96. The van der Waals surface area contributed by atoms with Crippen molar-refractivity contribution in [1.82, 2.24) is 19.9 Å². The van der Waals surface area contributed by atoms with Crippen LogP contribution in [0.4, 0.5) is 17.3 Å². The Hall–Kier alpha value is -4.28. The van der Waals surface area contributed by atoms with Crippen LogP contribution < -0.4 is 25.4 Å². The number of anilines is 3. The number of carbonyl (C=O) groups excluding carboxylic acids is 1. The van der Waals surface area contributed by atoms with E-state index in [-0.39, 0.29) is 11.6 Å². The Kier molecular flexibility index (Phi) is 8.90. The van der Waals surface area contributed by atoms with Crippen LogP contribution in [0, 0.1) is 5.41 Å². The Bertz CT molecular complexity index is 1360. The molecule has 0 unspecified atom stereocenters. The van der Waals surface area contributed by atoms with Gasteiger partial charge in [-0.1, -0.05) is 13.3 Å². The molecular weight excluding hydrogens is 496 g/mol. The highest BCUT2D eigenvalue weighted by Crippen LogP contribution is 2.34. The molecule has 39 heavy (non-hydrogen) atoms. The van der Waals surface area contributed by atoms with E-state index in [9.17, 15) is 9.59 Å². The van der Waals surface area contributed by atoms with Crippen LogP contribution in [0.25, 0.3) is 11.4 Å². The second-order valence-corrected chi connectivity index (χ2v) is 9.49. The van der Waals surface area contributed by atoms with Crippen molar-refractivity contribution >= 4 is 29.3 Å². The normalized spacial score (nSPS) is 13.7. The van der Waals surface area contributed by atoms with Gasteiger partial charge in [0.2, 0.25) is 5.95 Å². The Morgan fingerprint density at radius 1 is 1.26 bits per heavy atom. The lowest BCUT2D eigenvalue weighted by Gasteiger charge is -2.38. The van der Waals surface area contributed by atoms with Crippen LogP contribution >= 0.6 is 0 Å². The van der Waals surface area contributed by atoms with Crippen molar-refractivity contribution in [3.05, 3.63) is 52.2 Å². The molecule has 206 valence electrons. The number of hydrogen-bond acceptors (Lipinski definition) is 10. The predicted molar refractivity (Wildman–Crippen MR) is 154 cm³/mol. The summed E-state index contributed by atoms with van der Waals surface area (Å²) in [5, 5.41) is 11.4. The lowest BCUT2D eigenvalue weighted by Crippen LogP contribution is -2.44. The molecule has 11 heteroatoms. The number of nitrogens with one attached hydrogen (secondary N) is 3. The van der Waals surface area contributed by atoms with Crippen molar-refractivity contribution in [3.8, 4) is 17.1 Å². The van der Waals surface area contributed by atoms with Gasteiger partial charge in [-0.15, -0.1) is 0 Å². The van der Waals surface area contributed by atoms with Crippen molar-refractivity contribution < 1.29 is 9.53 Å². The molecule has 1 aliphatic heterocycles. The number of aromatic amines is 1. The van der Waals surface area contributed by atoms with Crippen LogP contribution in [0.1, 0.15) is 55.6 Å². The van der Waals surface area contributed by atoms with E-state index in [2.05, 4.69) is 37.1 Å². The molecule has 0 aliphatic carbocycles. The minimum atomic E-state index is -0.324. The third kappa shape index (κ3) is 6.08. The van der Waals surface area contributed by atoms with Gasteiger partial charge in [-0.25, -0.2) is 15.0 Å². The topological polar surface area (TPSA) is 140 Å². The molecule has 1 saturated heterocycles. The molecule has 0 radical (unpaired) electrons. The summed E-state index contributed by atoms with van der Waals surface area (Å²) in [5.41, 5.74) is 2.75. The number of rotatable bonds is 11. The van der Waals surface area contributed by atoms with Gasteiger partial charge in [0.05, 0.1) is 23.4 Å². The maximum atomic E-state index is 13.0. The molecule has 0 amide bonds. The standard InChI is InChI=1S/C28H36N8O3/c1-5-7-22(29)24-25(30-3)27(38)34-26(33-24)21-14-20(8-9-23(21)39-6-2)35(4)19-10-12-36(13-11-19)28-31-15-18(17-37)16-32-28/h8-9,14-17,19,29-30H,5-7,10-13H2,1-4H3,(H,33,34,38). The molecule has 0 spiro atoms.